The van der Waals surface area contributed by atoms with E-state index in [1.54, 1.807) is 11.8 Å². The summed E-state index contributed by atoms with van der Waals surface area (Å²) < 4.78 is 0. The summed E-state index contributed by atoms with van der Waals surface area (Å²) in [6.45, 7) is 2.85. The summed E-state index contributed by atoms with van der Waals surface area (Å²) >= 11 is 1.74. The Bertz CT molecular complexity index is 929. The normalized spacial score (nSPS) is 16.7. The number of thioether (sulfide) groups is 1. The topological polar surface area (TPSA) is 36.1 Å². The van der Waals surface area contributed by atoms with Gasteiger partial charge in [-0.2, -0.15) is 0 Å². The average Bonchev–Trinajstić information content (AvgIpc) is 3.06. The smallest absolute Gasteiger partial charge is 0.223 e. The second-order valence-corrected chi connectivity index (χ2v) is 7.71. The fourth-order valence-corrected chi connectivity index (χ4v) is 4.41. The monoisotopic (exact) mass is 364 g/mol. The van der Waals surface area contributed by atoms with Crippen LogP contribution in [0.1, 0.15) is 42.6 Å². The number of aromatic nitrogens is 1. The predicted octanol–water partition coefficient (Wildman–Crippen LogP) is 5.16. The third-order valence-corrected chi connectivity index (χ3v) is 5.99. The van der Waals surface area contributed by atoms with E-state index in [0.717, 1.165) is 24.9 Å². The summed E-state index contributed by atoms with van der Waals surface area (Å²) in [5.74, 6) is 0.246. The van der Waals surface area contributed by atoms with E-state index >= 15 is 0 Å². The van der Waals surface area contributed by atoms with Crippen molar-refractivity contribution < 1.29 is 4.79 Å². The van der Waals surface area contributed by atoms with Crippen molar-refractivity contribution >= 4 is 28.6 Å². The van der Waals surface area contributed by atoms with E-state index in [9.17, 15) is 4.79 Å². The first-order valence-corrected chi connectivity index (χ1v) is 10.5. The van der Waals surface area contributed by atoms with Gasteiger partial charge >= 0.3 is 0 Å². The highest BCUT2D eigenvalue weighted by Gasteiger charge is 2.33. The first-order chi connectivity index (χ1) is 12.7. The minimum atomic E-state index is -0.0268. The van der Waals surface area contributed by atoms with Crippen LogP contribution >= 0.6 is 11.8 Å². The van der Waals surface area contributed by atoms with Crippen molar-refractivity contribution in [3.05, 3.63) is 65.4 Å². The zero-order chi connectivity index (χ0) is 18.1. The first-order valence-electron chi connectivity index (χ1n) is 9.25. The number of carbonyl (C=O) groups is 1. The van der Waals surface area contributed by atoms with Crippen molar-refractivity contribution in [3.8, 4) is 0 Å². The second-order valence-electron chi connectivity index (χ2n) is 6.83. The summed E-state index contributed by atoms with van der Waals surface area (Å²) in [5, 5.41) is 1.29. The van der Waals surface area contributed by atoms with Crippen molar-refractivity contribution in [3.63, 3.8) is 0 Å². The molecule has 0 saturated heterocycles. The predicted molar refractivity (Wildman–Crippen MR) is 109 cm³/mol. The van der Waals surface area contributed by atoms with Gasteiger partial charge in [-0.15, -0.1) is 11.8 Å². The van der Waals surface area contributed by atoms with Crippen LogP contribution in [0.2, 0.25) is 0 Å². The molecule has 0 radical (unpaired) electrons. The SMILES string of the molecule is CCCC(=O)N1CCc2c([nH]c3ccccc23)[C@@H]1c1ccc(SC)cc1. The number of rotatable bonds is 4. The number of aromatic amines is 1. The third kappa shape index (κ3) is 2.92. The van der Waals surface area contributed by atoms with E-state index < -0.39 is 0 Å². The Hall–Kier alpha value is -2.20. The molecule has 0 bridgehead atoms. The fourth-order valence-electron chi connectivity index (χ4n) is 4.00. The quantitative estimate of drug-likeness (QED) is 0.649. The van der Waals surface area contributed by atoms with Gasteiger partial charge in [-0.1, -0.05) is 37.3 Å². The van der Waals surface area contributed by atoms with Crippen LogP contribution in [0.25, 0.3) is 10.9 Å². The average molecular weight is 365 g/mol. The highest BCUT2D eigenvalue weighted by atomic mass is 32.2. The Morgan fingerprint density at radius 2 is 1.96 bits per heavy atom. The van der Waals surface area contributed by atoms with E-state index in [0.29, 0.717) is 6.42 Å². The standard InChI is InChI=1S/C22H24N2OS/c1-3-6-20(25)24-14-13-18-17-7-4-5-8-19(17)23-21(18)22(24)15-9-11-16(26-2)12-10-15/h4-5,7-12,22-23H,3,6,13-14H2,1-2H3/t22-/m0/s1. The molecule has 4 heteroatoms. The maximum Gasteiger partial charge on any atom is 0.223 e. The molecule has 134 valence electrons. The molecule has 0 spiro atoms. The third-order valence-electron chi connectivity index (χ3n) is 5.25. The number of hydrogen-bond acceptors (Lipinski definition) is 2. The molecule has 0 fully saturated rings. The zero-order valence-corrected chi connectivity index (χ0v) is 16.1. The maximum atomic E-state index is 12.8. The Balaban J connectivity index is 1.84. The molecule has 1 aliphatic heterocycles. The molecule has 26 heavy (non-hydrogen) atoms. The van der Waals surface area contributed by atoms with Crippen LogP contribution in [-0.4, -0.2) is 28.6 Å². The number of nitrogens with one attached hydrogen (secondary N) is 1. The molecule has 0 unspecified atom stereocenters. The molecular weight excluding hydrogens is 340 g/mol. The minimum absolute atomic E-state index is 0.0268. The summed E-state index contributed by atoms with van der Waals surface area (Å²) in [5.41, 5.74) is 4.88. The Morgan fingerprint density at radius 1 is 1.19 bits per heavy atom. The van der Waals surface area contributed by atoms with Crippen molar-refractivity contribution in [2.75, 3.05) is 12.8 Å². The lowest BCUT2D eigenvalue weighted by Crippen LogP contribution is -2.40. The molecule has 1 N–H and O–H groups in total. The van der Waals surface area contributed by atoms with Crippen molar-refractivity contribution in [1.29, 1.82) is 0 Å². The lowest BCUT2D eigenvalue weighted by Gasteiger charge is -2.36. The number of amides is 1. The van der Waals surface area contributed by atoms with Crippen LogP contribution < -0.4 is 0 Å². The number of benzene rings is 2. The van der Waals surface area contributed by atoms with Crippen molar-refractivity contribution in [2.24, 2.45) is 0 Å². The number of fused-ring (bicyclic) bond motifs is 3. The molecule has 3 aromatic rings. The number of carbonyl (C=O) groups excluding carboxylic acids is 1. The second kappa shape index (κ2) is 7.20. The number of H-pyrrole nitrogens is 1. The Kier molecular flexibility index (Phi) is 4.77. The zero-order valence-electron chi connectivity index (χ0n) is 15.3. The number of nitrogens with zero attached hydrogens (tertiary/aromatic N) is 1. The van der Waals surface area contributed by atoms with Gasteiger partial charge in [-0.3, -0.25) is 4.79 Å². The van der Waals surface area contributed by atoms with E-state index in [1.165, 1.54) is 27.1 Å². The van der Waals surface area contributed by atoms with Gasteiger partial charge in [0.2, 0.25) is 5.91 Å². The van der Waals surface area contributed by atoms with E-state index in [1.807, 2.05) is 0 Å². The molecule has 1 atom stereocenters. The summed E-state index contributed by atoms with van der Waals surface area (Å²) in [6.07, 6.45) is 4.48. The van der Waals surface area contributed by atoms with Gasteiger partial charge in [0.25, 0.3) is 0 Å². The molecule has 2 heterocycles. The van der Waals surface area contributed by atoms with Crippen LogP contribution in [0.15, 0.2) is 53.4 Å². The van der Waals surface area contributed by atoms with Crippen LogP contribution in [0.4, 0.5) is 0 Å². The largest absolute Gasteiger partial charge is 0.356 e. The highest BCUT2D eigenvalue weighted by Crippen LogP contribution is 2.39. The Labute approximate surface area is 158 Å². The summed E-state index contributed by atoms with van der Waals surface area (Å²) in [7, 11) is 0. The number of hydrogen-bond donors (Lipinski definition) is 1. The van der Waals surface area contributed by atoms with E-state index in [2.05, 4.69) is 71.6 Å². The molecule has 1 amide bonds. The van der Waals surface area contributed by atoms with Gasteiger partial charge in [0.05, 0.1) is 6.04 Å². The van der Waals surface area contributed by atoms with Crippen LogP contribution in [-0.2, 0) is 11.2 Å². The molecule has 3 nitrogen and oxygen atoms in total. The molecule has 1 aromatic heterocycles. The molecule has 4 rings (SSSR count). The van der Waals surface area contributed by atoms with Gasteiger partial charge in [-0.25, -0.2) is 0 Å². The molecular formula is C22H24N2OS. The van der Waals surface area contributed by atoms with E-state index in [4.69, 9.17) is 0 Å². The fraction of sp³-hybridized carbons (Fsp3) is 0.318. The first kappa shape index (κ1) is 17.2. The summed E-state index contributed by atoms with van der Waals surface area (Å²) in [4.78, 5) is 19.8. The minimum Gasteiger partial charge on any atom is -0.356 e. The van der Waals surface area contributed by atoms with Crippen LogP contribution in [0.5, 0.6) is 0 Å². The Morgan fingerprint density at radius 3 is 2.69 bits per heavy atom. The molecule has 2 aromatic carbocycles. The van der Waals surface area contributed by atoms with Gasteiger partial charge in [0.1, 0.15) is 0 Å². The summed E-state index contributed by atoms with van der Waals surface area (Å²) in [6, 6.07) is 17.1. The maximum absolute atomic E-state index is 12.8. The van der Waals surface area contributed by atoms with Crippen LogP contribution in [0.3, 0.4) is 0 Å². The van der Waals surface area contributed by atoms with Gasteiger partial charge in [0.15, 0.2) is 0 Å². The highest BCUT2D eigenvalue weighted by molar-refractivity contribution is 7.98. The molecule has 0 aliphatic carbocycles. The lowest BCUT2D eigenvalue weighted by molar-refractivity contribution is -0.133. The van der Waals surface area contributed by atoms with Crippen LogP contribution in [0, 0.1) is 0 Å². The van der Waals surface area contributed by atoms with Crippen molar-refractivity contribution in [2.45, 2.75) is 37.1 Å². The van der Waals surface area contributed by atoms with Gasteiger partial charge in [-0.05, 0) is 48.4 Å². The van der Waals surface area contributed by atoms with Gasteiger partial charge in [0, 0.05) is 34.5 Å². The lowest BCUT2D eigenvalue weighted by atomic mass is 9.92. The molecule has 1 aliphatic rings. The van der Waals surface area contributed by atoms with Gasteiger partial charge < -0.3 is 9.88 Å². The van der Waals surface area contributed by atoms with E-state index in [-0.39, 0.29) is 11.9 Å². The number of para-hydroxylation sites is 1. The van der Waals surface area contributed by atoms with Crippen molar-refractivity contribution in [1.82, 2.24) is 9.88 Å². The molecule has 0 saturated carbocycles.